The Balaban J connectivity index is 1.93. The van der Waals surface area contributed by atoms with E-state index in [0.29, 0.717) is 11.3 Å². The SMILES string of the molecule is Nc1ccc(CN2C(=O)c3cccc4c(N)c(S(=O)(=O)O)cc(c34)C2=O)cc1. The molecule has 1 heterocycles. The molecule has 1 aliphatic rings. The van der Waals surface area contributed by atoms with E-state index in [1.54, 1.807) is 36.4 Å². The van der Waals surface area contributed by atoms with Crippen molar-refractivity contribution in [3.05, 3.63) is 65.2 Å². The van der Waals surface area contributed by atoms with Gasteiger partial charge in [-0.3, -0.25) is 19.0 Å². The average molecular weight is 397 g/mol. The van der Waals surface area contributed by atoms with Crippen molar-refractivity contribution in [2.24, 2.45) is 0 Å². The van der Waals surface area contributed by atoms with Crippen LogP contribution in [0.25, 0.3) is 10.8 Å². The molecule has 5 N–H and O–H groups in total. The Bertz CT molecular complexity index is 1270. The first-order valence-electron chi connectivity index (χ1n) is 8.22. The summed E-state index contributed by atoms with van der Waals surface area (Å²) in [4.78, 5) is 26.4. The molecule has 0 aromatic heterocycles. The van der Waals surface area contributed by atoms with E-state index in [1.165, 1.54) is 6.07 Å². The quantitative estimate of drug-likeness (QED) is 0.348. The van der Waals surface area contributed by atoms with E-state index in [2.05, 4.69) is 0 Å². The second kappa shape index (κ2) is 6.04. The van der Waals surface area contributed by atoms with E-state index < -0.39 is 26.8 Å². The number of nitrogen functional groups attached to an aromatic ring is 2. The number of imide groups is 1. The van der Waals surface area contributed by atoms with E-state index in [0.717, 1.165) is 11.0 Å². The molecular formula is C19H15N3O5S. The topological polar surface area (TPSA) is 144 Å². The van der Waals surface area contributed by atoms with Crippen molar-refractivity contribution < 1.29 is 22.6 Å². The molecule has 0 fully saturated rings. The summed E-state index contributed by atoms with van der Waals surface area (Å²) in [5.74, 6) is -1.19. The van der Waals surface area contributed by atoms with Gasteiger partial charge in [0, 0.05) is 22.0 Å². The van der Waals surface area contributed by atoms with Crippen molar-refractivity contribution in [1.82, 2.24) is 4.90 Å². The maximum absolute atomic E-state index is 13.0. The molecule has 0 saturated heterocycles. The average Bonchev–Trinajstić information content (AvgIpc) is 2.65. The molecular weight excluding hydrogens is 382 g/mol. The standard InChI is InChI=1S/C19H15N3O5S/c20-11-6-4-10(5-7-11)9-22-18(23)13-3-1-2-12-16(13)14(19(22)24)8-15(17(12)21)28(25,26)27/h1-8H,9,20-21H2,(H,25,26,27). The highest BCUT2D eigenvalue weighted by atomic mass is 32.2. The number of rotatable bonds is 3. The minimum Gasteiger partial charge on any atom is -0.399 e. The van der Waals surface area contributed by atoms with Gasteiger partial charge in [-0.1, -0.05) is 24.3 Å². The number of benzene rings is 3. The summed E-state index contributed by atoms with van der Waals surface area (Å²) in [6.07, 6.45) is 0. The Morgan fingerprint density at radius 3 is 2.21 bits per heavy atom. The number of carbonyl (C=O) groups excluding carboxylic acids is 2. The number of hydrogen-bond acceptors (Lipinski definition) is 6. The summed E-state index contributed by atoms with van der Waals surface area (Å²) < 4.78 is 32.9. The van der Waals surface area contributed by atoms with E-state index in [-0.39, 0.29) is 34.1 Å². The molecule has 9 heteroatoms. The predicted molar refractivity (Wildman–Crippen MR) is 103 cm³/mol. The zero-order valence-corrected chi connectivity index (χ0v) is 15.2. The number of nitrogens with two attached hydrogens (primary N) is 2. The Morgan fingerprint density at radius 2 is 1.57 bits per heavy atom. The molecule has 8 nitrogen and oxygen atoms in total. The van der Waals surface area contributed by atoms with Gasteiger partial charge in [-0.25, -0.2) is 0 Å². The summed E-state index contributed by atoms with van der Waals surface area (Å²) in [5, 5.41) is 0.493. The lowest BCUT2D eigenvalue weighted by atomic mass is 9.93. The van der Waals surface area contributed by atoms with Crippen LogP contribution in [0.5, 0.6) is 0 Å². The first-order valence-corrected chi connectivity index (χ1v) is 9.66. The van der Waals surface area contributed by atoms with E-state index >= 15 is 0 Å². The van der Waals surface area contributed by atoms with Crippen LogP contribution in [0.1, 0.15) is 26.3 Å². The van der Waals surface area contributed by atoms with Crippen LogP contribution in [0.15, 0.2) is 53.4 Å². The Kier molecular flexibility index (Phi) is 3.88. The number of anilines is 2. The van der Waals surface area contributed by atoms with Crippen LogP contribution >= 0.6 is 0 Å². The lowest BCUT2D eigenvalue weighted by Crippen LogP contribution is -2.40. The lowest BCUT2D eigenvalue weighted by molar-refractivity contribution is 0.0598. The minimum atomic E-state index is -4.66. The van der Waals surface area contributed by atoms with Gasteiger partial charge in [0.1, 0.15) is 4.90 Å². The maximum Gasteiger partial charge on any atom is 0.296 e. The molecule has 28 heavy (non-hydrogen) atoms. The van der Waals surface area contributed by atoms with Crippen LogP contribution in [0.4, 0.5) is 11.4 Å². The number of carbonyl (C=O) groups is 2. The van der Waals surface area contributed by atoms with Gasteiger partial charge in [-0.2, -0.15) is 8.42 Å². The largest absolute Gasteiger partial charge is 0.399 e. The third-order valence-corrected chi connectivity index (χ3v) is 5.61. The number of nitrogens with zero attached hydrogens (tertiary/aromatic N) is 1. The van der Waals surface area contributed by atoms with Crippen LogP contribution in [0, 0.1) is 0 Å². The van der Waals surface area contributed by atoms with Gasteiger partial charge in [0.05, 0.1) is 17.8 Å². The first kappa shape index (κ1) is 18.0. The fraction of sp³-hybridized carbons (Fsp3) is 0.0526. The van der Waals surface area contributed by atoms with Crippen molar-refractivity contribution in [2.75, 3.05) is 11.5 Å². The number of amides is 2. The van der Waals surface area contributed by atoms with E-state index in [1.807, 2.05) is 0 Å². The molecule has 3 aromatic rings. The highest BCUT2D eigenvalue weighted by Crippen LogP contribution is 2.37. The van der Waals surface area contributed by atoms with Gasteiger partial charge in [0.2, 0.25) is 0 Å². The van der Waals surface area contributed by atoms with Crippen molar-refractivity contribution in [3.8, 4) is 0 Å². The normalized spacial score (nSPS) is 14.0. The molecule has 1 aliphatic heterocycles. The van der Waals surface area contributed by atoms with E-state index in [9.17, 15) is 22.6 Å². The Morgan fingerprint density at radius 1 is 0.929 bits per heavy atom. The zero-order chi connectivity index (χ0) is 20.2. The van der Waals surface area contributed by atoms with E-state index in [4.69, 9.17) is 11.5 Å². The molecule has 0 bridgehead atoms. The van der Waals surface area contributed by atoms with Gasteiger partial charge < -0.3 is 11.5 Å². The summed E-state index contributed by atoms with van der Waals surface area (Å²) in [6.45, 7) is -0.0145. The fourth-order valence-corrected chi connectivity index (χ4v) is 4.03. The minimum absolute atomic E-state index is 0.0116. The van der Waals surface area contributed by atoms with Crippen LogP contribution in [0.3, 0.4) is 0 Å². The van der Waals surface area contributed by atoms with Gasteiger partial charge in [0.15, 0.2) is 0 Å². The van der Waals surface area contributed by atoms with Crippen LogP contribution in [0.2, 0.25) is 0 Å². The Hall–Kier alpha value is -3.43. The summed E-state index contributed by atoms with van der Waals surface area (Å²) >= 11 is 0. The third-order valence-electron chi connectivity index (χ3n) is 4.71. The predicted octanol–water partition coefficient (Wildman–Crippen LogP) is 2.05. The Labute approximate surface area is 160 Å². The molecule has 3 aromatic carbocycles. The smallest absolute Gasteiger partial charge is 0.296 e. The van der Waals surface area contributed by atoms with Gasteiger partial charge in [-0.05, 0) is 29.8 Å². The van der Waals surface area contributed by atoms with Crippen molar-refractivity contribution in [2.45, 2.75) is 11.4 Å². The monoisotopic (exact) mass is 397 g/mol. The zero-order valence-electron chi connectivity index (χ0n) is 14.4. The molecule has 142 valence electrons. The first-order chi connectivity index (χ1) is 13.2. The summed E-state index contributed by atoms with van der Waals surface area (Å²) in [5.41, 5.74) is 12.8. The van der Waals surface area contributed by atoms with Crippen LogP contribution in [-0.2, 0) is 16.7 Å². The third kappa shape index (κ3) is 2.68. The van der Waals surface area contributed by atoms with Gasteiger partial charge >= 0.3 is 0 Å². The highest BCUT2D eigenvalue weighted by Gasteiger charge is 2.35. The molecule has 0 radical (unpaired) electrons. The molecule has 0 atom stereocenters. The van der Waals surface area contributed by atoms with Crippen molar-refractivity contribution in [1.29, 1.82) is 0 Å². The summed E-state index contributed by atoms with van der Waals surface area (Å²) in [7, 11) is -4.66. The molecule has 0 saturated carbocycles. The fourth-order valence-electron chi connectivity index (χ4n) is 3.37. The molecule has 0 spiro atoms. The maximum atomic E-state index is 13.0. The lowest BCUT2D eigenvalue weighted by Gasteiger charge is -2.28. The summed E-state index contributed by atoms with van der Waals surface area (Å²) in [6, 6.07) is 12.3. The molecule has 0 unspecified atom stereocenters. The van der Waals surface area contributed by atoms with Crippen molar-refractivity contribution in [3.63, 3.8) is 0 Å². The molecule has 4 rings (SSSR count). The second-order valence-electron chi connectivity index (χ2n) is 6.48. The van der Waals surface area contributed by atoms with Crippen LogP contribution in [-0.4, -0.2) is 29.7 Å². The molecule has 2 amide bonds. The second-order valence-corrected chi connectivity index (χ2v) is 7.87. The highest BCUT2D eigenvalue weighted by molar-refractivity contribution is 7.86. The van der Waals surface area contributed by atoms with Gasteiger partial charge in [-0.15, -0.1) is 0 Å². The number of hydrogen-bond donors (Lipinski definition) is 3. The van der Waals surface area contributed by atoms with Gasteiger partial charge in [0.25, 0.3) is 21.9 Å². The molecule has 0 aliphatic carbocycles. The van der Waals surface area contributed by atoms with Crippen LogP contribution < -0.4 is 11.5 Å². The van der Waals surface area contributed by atoms with Crippen molar-refractivity contribution >= 4 is 44.1 Å².